The van der Waals surface area contributed by atoms with Gasteiger partial charge in [0, 0.05) is 31.6 Å². The zero-order chi connectivity index (χ0) is 20.3. The average molecular weight is 421 g/mol. The Labute approximate surface area is 174 Å². The summed E-state index contributed by atoms with van der Waals surface area (Å²) >= 11 is 0. The zero-order valence-electron chi connectivity index (χ0n) is 17.2. The van der Waals surface area contributed by atoms with Crippen molar-refractivity contribution >= 4 is 16.0 Å². The number of hydrogen-bond acceptors (Lipinski definition) is 4. The molecule has 0 amide bonds. The van der Waals surface area contributed by atoms with Crippen LogP contribution < -0.4 is 15.4 Å². The van der Waals surface area contributed by atoms with Crippen LogP contribution in [0.15, 0.2) is 29.3 Å². The van der Waals surface area contributed by atoms with Gasteiger partial charge in [0.05, 0.1) is 18.3 Å². The van der Waals surface area contributed by atoms with Crippen LogP contribution in [0.2, 0.25) is 0 Å². The third-order valence-corrected chi connectivity index (χ3v) is 8.15. The number of hydrogen-bond donors (Lipinski definition) is 2. The SMILES string of the molecule is CCNC(=NCCN1CCCS1(=O)=O)NC1CC2(CCCC2)Oc2ccccc21. The van der Waals surface area contributed by atoms with Crippen molar-refractivity contribution in [2.24, 2.45) is 4.99 Å². The molecule has 8 heteroatoms. The van der Waals surface area contributed by atoms with Crippen molar-refractivity contribution in [3.63, 3.8) is 0 Å². The quantitative estimate of drug-likeness (QED) is 0.565. The van der Waals surface area contributed by atoms with E-state index in [1.54, 1.807) is 4.31 Å². The van der Waals surface area contributed by atoms with Crippen molar-refractivity contribution in [1.82, 2.24) is 14.9 Å². The van der Waals surface area contributed by atoms with Crippen LogP contribution in [0, 0.1) is 0 Å². The summed E-state index contributed by atoms with van der Waals surface area (Å²) in [5.74, 6) is 1.96. The Kier molecular flexibility index (Phi) is 6.01. The molecule has 0 aromatic heterocycles. The van der Waals surface area contributed by atoms with Gasteiger partial charge in [-0.05, 0) is 45.1 Å². The number of guanidine groups is 1. The maximum atomic E-state index is 12.0. The molecule has 1 unspecified atom stereocenters. The molecule has 29 heavy (non-hydrogen) atoms. The van der Waals surface area contributed by atoms with E-state index in [4.69, 9.17) is 4.74 Å². The molecule has 2 fully saturated rings. The minimum Gasteiger partial charge on any atom is -0.487 e. The predicted molar refractivity (Wildman–Crippen MR) is 115 cm³/mol. The van der Waals surface area contributed by atoms with E-state index < -0.39 is 10.0 Å². The number of para-hydroxylation sites is 1. The van der Waals surface area contributed by atoms with E-state index in [0.29, 0.717) is 26.1 Å². The van der Waals surface area contributed by atoms with Crippen LogP contribution in [-0.2, 0) is 10.0 Å². The van der Waals surface area contributed by atoms with E-state index in [-0.39, 0.29) is 17.4 Å². The molecule has 160 valence electrons. The normalized spacial score (nSPS) is 25.6. The van der Waals surface area contributed by atoms with Gasteiger partial charge in [0.1, 0.15) is 11.4 Å². The van der Waals surface area contributed by atoms with Crippen LogP contribution in [0.25, 0.3) is 0 Å². The van der Waals surface area contributed by atoms with Crippen molar-refractivity contribution in [2.75, 3.05) is 31.9 Å². The Hall–Kier alpha value is -1.80. The van der Waals surface area contributed by atoms with E-state index in [9.17, 15) is 8.42 Å². The van der Waals surface area contributed by atoms with Crippen LogP contribution in [0.1, 0.15) is 57.1 Å². The van der Waals surface area contributed by atoms with Gasteiger partial charge in [-0.3, -0.25) is 4.99 Å². The van der Waals surface area contributed by atoms with E-state index in [1.165, 1.54) is 12.8 Å². The monoisotopic (exact) mass is 420 g/mol. The Morgan fingerprint density at radius 2 is 2.07 bits per heavy atom. The lowest BCUT2D eigenvalue weighted by molar-refractivity contribution is 0.0396. The number of nitrogens with zero attached hydrogens (tertiary/aromatic N) is 2. The number of nitrogens with one attached hydrogen (secondary N) is 2. The molecule has 3 aliphatic rings. The summed E-state index contributed by atoms with van der Waals surface area (Å²) in [7, 11) is -3.07. The smallest absolute Gasteiger partial charge is 0.214 e. The molecule has 1 atom stereocenters. The van der Waals surface area contributed by atoms with E-state index >= 15 is 0 Å². The summed E-state index contributed by atoms with van der Waals surface area (Å²) in [5, 5.41) is 6.92. The standard InChI is InChI=1S/C21H32N4O3S/c1-2-22-20(23-12-14-25-13-7-15-29(25,26)27)24-18-16-21(10-5-6-11-21)28-19-9-4-3-8-17(18)19/h3-4,8-9,18H,2,5-7,10-16H2,1H3,(H2,22,23,24). The van der Waals surface area contributed by atoms with Crippen LogP contribution in [0.5, 0.6) is 5.75 Å². The molecule has 1 aliphatic carbocycles. The molecule has 1 saturated carbocycles. The van der Waals surface area contributed by atoms with Gasteiger partial charge in [-0.15, -0.1) is 0 Å². The number of ether oxygens (including phenoxy) is 1. The third-order valence-electron chi connectivity index (χ3n) is 6.19. The van der Waals surface area contributed by atoms with Gasteiger partial charge >= 0.3 is 0 Å². The van der Waals surface area contributed by atoms with Crippen LogP contribution in [-0.4, -0.2) is 56.2 Å². The molecule has 0 radical (unpaired) electrons. The lowest BCUT2D eigenvalue weighted by Gasteiger charge is -2.40. The molecule has 1 spiro atoms. The maximum Gasteiger partial charge on any atom is 0.214 e. The maximum absolute atomic E-state index is 12.0. The fraction of sp³-hybridized carbons (Fsp3) is 0.667. The highest BCUT2D eigenvalue weighted by atomic mass is 32.2. The molecule has 1 saturated heterocycles. The number of aliphatic imine (C=N–C) groups is 1. The Morgan fingerprint density at radius 1 is 1.28 bits per heavy atom. The van der Waals surface area contributed by atoms with Crippen molar-refractivity contribution in [3.05, 3.63) is 29.8 Å². The molecule has 1 aromatic carbocycles. The highest BCUT2D eigenvalue weighted by Crippen LogP contribution is 2.46. The Balaban J connectivity index is 1.48. The lowest BCUT2D eigenvalue weighted by Crippen LogP contribution is -2.46. The van der Waals surface area contributed by atoms with Crippen LogP contribution in [0.4, 0.5) is 0 Å². The lowest BCUT2D eigenvalue weighted by atomic mass is 9.86. The second-order valence-electron chi connectivity index (χ2n) is 8.26. The fourth-order valence-electron chi connectivity index (χ4n) is 4.77. The van der Waals surface area contributed by atoms with E-state index in [2.05, 4.69) is 27.8 Å². The molecule has 4 rings (SSSR count). The first kappa shape index (κ1) is 20.5. The van der Waals surface area contributed by atoms with Crippen LogP contribution >= 0.6 is 0 Å². The fourth-order valence-corrected chi connectivity index (χ4v) is 6.29. The zero-order valence-corrected chi connectivity index (χ0v) is 18.0. The van der Waals surface area contributed by atoms with Crippen molar-refractivity contribution < 1.29 is 13.2 Å². The Morgan fingerprint density at radius 3 is 2.79 bits per heavy atom. The molecule has 2 heterocycles. The summed E-state index contributed by atoms with van der Waals surface area (Å²) in [4.78, 5) is 4.67. The van der Waals surface area contributed by atoms with Gasteiger partial charge < -0.3 is 15.4 Å². The minimum atomic E-state index is -3.07. The van der Waals surface area contributed by atoms with E-state index in [1.807, 2.05) is 19.1 Å². The van der Waals surface area contributed by atoms with Crippen LogP contribution in [0.3, 0.4) is 0 Å². The molecule has 0 bridgehead atoms. The third kappa shape index (κ3) is 4.53. The van der Waals surface area contributed by atoms with Gasteiger partial charge in [-0.2, -0.15) is 0 Å². The van der Waals surface area contributed by atoms with Gasteiger partial charge in [0.25, 0.3) is 0 Å². The molecular weight excluding hydrogens is 388 g/mol. The molecule has 2 aliphatic heterocycles. The van der Waals surface area contributed by atoms with Gasteiger partial charge in [0.15, 0.2) is 5.96 Å². The summed E-state index contributed by atoms with van der Waals surface area (Å²) < 4.78 is 32.0. The van der Waals surface area contributed by atoms with Crippen molar-refractivity contribution in [3.8, 4) is 5.75 Å². The van der Waals surface area contributed by atoms with Gasteiger partial charge in [-0.25, -0.2) is 12.7 Å². The summed E-state index contributed by atoms with van der Waals surface area (Å²) in [5.41, 5.74) is 1.09. The number of sulfonamides is 1. The highest BCUT2D eigenvalue weighted by molar-refractivity contribution is 7.89. The number of rotatable bonds is 5. The largest absolute Gasteiger partial charge is 0.487 e. The second kappa shape index (κ2) is 8.52. The predicted octanol–water partition coefficient (Wildman–Crippen LogP) is 2.41. The van der Waals surface area contributed by atoms with Crippen molar-refractivity contribution in [2.45, 2.75) is 57.1 Å². The molecule has 7 nitrogen and oxygen atoms in total. The van der Waals surface area contributed by atoms with Gasteiger partial charge in [0.2, 0.25) is 10.0 Å². The van der Waals surface area contributed by atoms with Gasteiger partial charge in [-0.1, -0.05) is 18.2 Å². The number of benzene rings is 1. The topological polar surface area (TPSA) is 83.0 Å². The molecule has 1 aromatic rings. The first-order valence-corrected chi connectivity index (χ1v) is 12.4. The molecule has 2 N–H and O–H groups in total. The van der Waals surface area contributed by atoms with Crippen molar-refractivity contribution in [1.29, 1.82) is 0 Å². The first-order valence-electron chi connectivity index (χ1n) is 10.8. The second-order valence-corrected chi connectivity index (χ2v) is 10.3. The summed E-state index contributed by atoms with van der Waals surface area (Å²) in [6, 6.07) is 8.39. The Bertz CT molecular complexity index is 849. The average Bonchev–Trinajstić information content (AvgIpc) is 3.28. The van der Waals surface area contributed by atoms with E-state index in [0.717, 1.165) is 43.1 Å². The minimum absolute atomic E-state index is 0.0764. The number of fused-ring (bicyclic) bond motifs is 1. The summed E-state index contributed by atoms with van der Waals surface area (Å²) in [6.07, 6.45) is 6.26. The first-order chi connectivity index (χ1) is 14.0. The highest BCUT2D eigenvalue weighted by Gasteiger charge is 2.43. The summed E-state index contributed by atoms with van der Waals surface area (Å²) in [6.45, 7) is 4.29. The molecular formula is C21H32N4O3S.